The highest BCUT2D eigenvalue weighted by molar-refractivity contribution is 6.74. The summed E-state index contributed by atoms with van der Waals surface area (Å²) in [6.45, 7) is 11.7. The number of aromatic amines is 1. The van der Waals surface area contributed by atoms with Crippen LogP contribution in [-0.4, -0.2) is 53.9 Å². The van der Waals surface area contributed by atoms with E-state index in [-0.39, 0.29) is 29.5 Å². The molecular formula is C30H37N3O9Si. The summed E-state index contributed by atoms with van der Waals surface area (Å²) in [5.41, 5.74) is -0.811. The molecule has 1 aromatic heterocycles. The molecule has 1 N–H and O–H groups in total. The van der Waals surface area contributed by atoms with Crippen LogP contribution in [0.1, 0.15) is 39.0 Å². The van der Waals surface area contributed by atoms with E-state index in [0.29, 0.717) is 10.6 Å². The van der Waals surface area contributed by atoms with Gasteiger partial charge in [0.25, 0.3) is 5.56 Å². The molecule has 0 radical (unpaired) electrons. The predicted octanol–water partition coefficient (Wildman–Crippen LogP) is 5.15. The van der Waals surface area contributed by atoms with E-state index in [2.05, 4.69) is 38.8 Å². The summed E-state index contributed by atoms with van der Waals surface area (Å²) in [6.07, 6.45) is -2.79. The first-order valence-corrected chi connectivity index (χ1v) is 16.8. The zero-order valence-corrected chi connectivity index (χ0v) is 26.1. The third-order valence-corrected chi connectivity index (χ3v) is 12.0. The number of amides is 1. The molecule has 43 heavy (non-hydrogen) atoms. The zero-order valence-electron chi connectivity index (χ0n) is 25.1. The normalized spacial score (nSPS) is 18.6. The average molecular weight is 612 g/mol. The molecule has 13 heteroatoms. The lowest BCUT2D eigenvalue weighted by Crippen LogP contribution is -2.49. The second-order valence-corrected chi connectivity index (χ2v) is 16.5. The number of nitrogens with one attached hydrogen (secondary N) is 1. The summed E-state index contributed by atoms with van der Waals surface area (Å²) < 4.78 is 25.0. The number of carbonyl (C=O) groups is 2. The van der Waals surface area contributed by atoms with Crippen LogP contribution in [0.2, 0.25) is 18.1 Å². The van der Waals surface area contributed by atoms with E-state index in [1.807, 2.05) is 0 Å². The lowest BCUT2D eigenvalue weighted by atomic mass is 10.2. The third-order valence-electron chi connectivity index (χ3n) is 7.52. The highest BCUT2D eigenvalue weighted by Gasteiger charge is 2.46. The fourth-order valence-corrected chi connectivity index (χ4v) is 5.52. The first-order valence-electron chi connectivity index (χ1n) is 13.9. The predicted molar refractivity (Wildman–Crippen MR) is 159 cm³/mol. The van der Waals surface area contributed by atoms with Gasteiger partial charge in [-0.2, -0.15) is 0 Å². The summed E-state index contributed by atoms with van der Waals surface area (Å²) in [5.74, 6) is 0.445. The molecule has 0 bridgehead atoms. The van der Waals surface area contributed by atoms with Crippen LogP contribution in [0.15, 0.2) is 76.4 Å². The number of ether oxygens (including phenoxy) is 3. The van der Waals surface area contributed by atoms with Crippen LogP contribution in [0.5, 0.6) is 11.5 Å². The molecule has 1 fully saturated rings. The van der Waals surface area contributed by atoms with Crippen molar-refractivity contribution in [3.63, 3.8) is 0 Å². The van der Waals surface area contributed by atoms with Crippen molar-refractivity contribution in [3.8, 4) is 11.5 Å². The quantitative estimate of drug-likeness (QED) is 0.166. The number of para-hydroxylation sites is 2. The van der Waals surface area contributed by atoms with Gasteiger partial charge in [0.1, 0.15) is 23.8 Å². The minimum Gasteiger partial charge on any atom is -0.411 e. The molecule has 3 unspecified atom stereocenters. The minimum absolute atomic E-state index is 0.164. The largest absolute Gasteiger partial charge is 0.539 e. The van der Waals surface area contributed by atoms with Crippen LogP contribution < -0.4 is 20.7 Å². The molecule has 2 aromatic carbocycles. The average Bonchev–Trinajstić information content (AvgIpc) is 3.31. The molecular weight excluding hydrogens is 574 g/mol. The van der Waals surface area contributed by atoms with Gasteiger partial charge in [-0.3, -0.25) is 19.2 Å². The van der Waals surface area contributed by atoms with Gasteiger partial charge < -0.3 is 18.6 Å². The van der Waals surface area contributed by atoms with E-state index in [1.165, 1.54) is 10.8 Å². The van der Waals surface area contributed by atoms with Crippen LogP contribution in [0.3, 0.4) is 0 Å². The number of aromatic nitrogens is 2. The van der Waals surface area contributed by atoms with Gasteiger partial charge >= 0.3 is 17.9 Å². The molecule has 1 aliphatic heterocycles. The Morgan fingerprint density at radius 2 is 1.58 bits per heavy atom. The number of hydroxylamine groups is 2. The number of aryl methyl sites for hydroxylation is 1. The summed E-state index contributed by atoms with van der Waals surface area (Å²) >= 11 is 0. The molecule has 12 nitrogen and oxygen atoms in total. The van der Waals surface area contributed by atoms with Crippen molar-refractivity contribution in [1.29, 1.82) is 0 Å². The molecule has 2 heterocycles. The Balaban J connectivity index is 1.63. The van der Waals surface area contributed by atoms with Crippen LogP contribution in [0.25, 0.3) is 0 Å². The number of rotatable bonds is 7. The third kappa shape index (κ3) is 8.00. The molecule has 0 saturated carbocycles. The fraction of sp³-hybridized carbons (Fsp3) is 0.400. The molecule has 0 spiro atoms. The molecule has 1 saturated heterocycles. The number of benzene rings is 2. The van der Waals surface area contributed by atoms with Gasteiger partial charge in [0, 0.05) is 18.2 Å². The van der Waals surface area contributed by atoms with E-state index < -0.39 is 50.3 Å². The Bertz CT molecular complexity index is 1530. The van der Waals surface area contributed by atoms with Gasteiger partial charge in [0.05, 0.1) is 12.6 Å². The Morgan fingerprint density at radius 3 is 2.16 bits per heavy atom. The first-order chi connectivity index (χ1) is 20.2. The fourth-order valence-electron chi connectivity index (χ4n) is 4.16. The first kappa shape index (κ1) is 31.7. The lowest BCUT2D eigenvalue weighted by molar-refractivity contribution is -0.125. The smallest absolute Gasteiger partial charge is 0.411 e. The van der Waals surface area contributed by atoms with Crippen molar-refractivity contribution < 1.29 is 33.1 Å². The van der Waals surface area contributed by atoms with Gasteiger partial charge in [-0.1, -0.05) is 57.2 Å². The molecule has 1 amide bonds. The van der Waals surface area contributed by atoms with Gasteiger partial charge in [0.2, 0.25) is 0 Å². The summed E-state index contributed by atoms with van der Waals surface area (Å²) in [5, 5.41) is 0.553. The summed E-state index contributed by atoms with van der Waals surface area (Å²) in [6, 6.07) is 16.5. The molecule has 1 aliphatic rings. The maximum absolute atomic E-state index is 13.3. The Kier molecular flexibility index (Phi) is 9.58. The SMILES string of the molecule is Cc1cn(C2CC(O[Si](C)(C)C(C)(C)C)C(CN(OC(=O)Oc3ccccc3)C(=O)Oc3ccccc3)O2)c(=O)[nH]c1=O. The van der Waals surface area contributed by atoms with E-state index in [9.17, 15) is 19.2 Å². The van der Waals surface area contributed by atoms with Crippen LogP contribution in [-0.2, 0) is 14.0 Å². The number of nitrogens with zero attached hydrogens (tertiary/aromatic N) is 2. The van der Waals surface area contributed by atoms with E-state index in [4.69, 9.17) is 23.5 Å². The Labute approximate surface area is 250 Å². The van der Waals surface area contributed by atoms with Crippen molar-refractivity contribution in [2.75, 3.05) is 6.54 Å². The second-order valence-electron chi connectivity index (χ2n) is 11.8. The standard InChI is InChI=1S/C30H37N3O9Si/c1-20-18-32(27(35)31-26(20)34)25-17-23(42-43(5,6)30(2,3)4)24(40-25)19-33(28(36)38-21-13-9-7-10-14-21)41-29(37)39-22-15-11-8-12-16-22/h7-16,18,23-25H,17,19H2,1-6H3,(H,31,34,35). The maximum Gasteiger partial charge on any atom is 0.539 e. The Hall–Kier alpha value is -4.20. The zero-order chi connectivity index (χ0) is 31.4. The lowest BCUT2D eigenvalue weighted by Gasteiger charge is -2.39. The Morgan fingerprint density at radius 1 is 1.00 bits per heavy atom. The number of H-pyrrole nitrogens is 1. The highest BCUT2D eigenvalue weighted by Crippen LogP contribution is 2.41. The van der Waals surface area contributed by atoms with Gasteiger partial charge in [-0.05, 0) is 49.3 Å². The molecule has 230 valence electrons. The van der Waals surface area contributed by atoms with Crippen molar-refractivity contribution >= 4 is 20.6 Å². The molecule has 4 rings (SSSR count). The summed E-state index contributed by atoms with van der Waals surface area (Å²) in [4.78, 5) is 58.4. The maximum atomic E-state index is 13.3. The van der Waals surface area contributed by atoms with Crippen LogP contribution in [0, 0.1) is 6.92 Å². The minimum atomic E-state index is -2.39. The van der Waals surface area contributed by atoms with Gasteiger partial charge in [-0.25, -0.2) is 14.4 Å². The van der Waals surface area contributed by atoms with Gasteiger partial charge in [-0.15, -0.1) is 5.06 Å². The highest BCUT2D eigenvalue weighted by atomic mass is 28.4. The number of hydrogen-bond donors (Lipinski definition) is 1. The van der Waals surface area contributed by atoms with Crippen molar-refractivity contribution in [3.05, 3.63) is 93.3 Å². The summed E-state index contributed by atoms with van der Waals surface area (Å²) in [7, 11) is -2.39. The second kappa shape index (κ2) is 13.0. The van der Waals surface area contributed by atoms with Gasteiger partial charge in [0.15, 0.2) is 8.32 Å². The van der Waals surface area contributed by atoms with Crippen LogP contribution in [0.4, 0.5) is 9.59 Å². The number of hydrogen-bond acceptors (Lipinski definition) is 9. The van der Waals surface area contributed by atoms with Crippen LogP contribution >= 0.6 is 0 Å². The van der Waals surface area contributed by atoms with Crippen molar-refractivity contribution in [2.45, 2.75) is 70.7 Å². The van der Waals surface area contributed by atoms with Crippen molar-refractivity contribution in [1.82, 2.24) is 14.6 Å². The van der Waals surface area contributed by atoms with E-state index in [1.54, 1.807) is 67.6 Å². The monoisotopic (exact) mass is 611 g/mol. The molecule has 0 aliphatic carbocycles. The topological polar surface area (TPSA) is 138 Å². The van der Waals surface area contributed by atoms with E-state index >= 15 is 0 Å². The molecule has 3 aromatic rings. The number of carbonyl (C=O) groups excluding carboxylic acids is 2. The molecule has 3 atom stereocenters. The van der Waals surface area contributed by atoms with Crippen molar-refractivity contribution in [2.24, 2.45) is 0 Å². The van der Waals surface area contributed by atoms with E-state index in [0.717, 1.165) is 0 Å².